The molecule has 1 aliphatic carbocycles. The van der Waals surface area contributed by atoms with E-state index in [2.05, 4.69) is 47.6 Å². The Morgan fingerprint density at radius 3 is 2.82 bits per heavy atom. The van der Waals surface area contributed by atoms with E-state index < -0.39 is 0 Å². The van der Waals surface area contributed by atoms with Crippen molar-refractivity contribution in [3.63, 3.8) is 0 Å². The minimum absolute atomic E-state index is 0.608. The smallest absolute Gasteiger partial charge is 0.156 e. The van der Waals surface area contributed by atoms with E-state index in [0.717, 1.165) is 17.6 Å². The van der Waals surface area contributed by atoms with Crippen LogP contribution in [0.4, 0.5) is 0 Å². The second kappa shape index (κ2) is 4.73. The van der Waals surface area contributed by atoms with Gasteiger partial charge in [-0.15, -0.1) is 0 Å². The van der Waals surface area contributed by atoms with Crippen LogP contribution in [0.25, 0.3) is 0 Å². The molecule has 0 spiro atoms. The van der Waals surface area contributed by atoms with E-state index in [-0.39, 0.29) is 0 Å². The zero-order chi connectivity index (χ0) is 11.7. The van der Waals surface area contributed by atoms with Crippen molar-refractivity contribution in [2.45, 2.75) is 25.3 Å². The van der Waals surface area contributed by atoms with Gasteiger partial charge in [0.1, 0.15) is 0 Å². The van der Waals surface area contributed by atoms with Crippen LogP contribution in [-0.2, 0) is 0 Å². The van der Waals surface area contributed by atoms with Crippen molar-refractivity contribution >= 4 is 16.9 Å². The number of nitrogens with one attached hydrogen (secondary N) is 1. The van der Waals surface area contributed by atoms with Gasteiger partial charge in [0.2, 0.25) is 0 Å². The summed E-state index contributed by atoms with van der Waals surface area (Å²) in [6.07, 6.45) is 1.25. The fraction of sp³-hybridized carbons (Fsp3) is 0.500. The summed E-state index contributed by atoms with van der Waals surface area (Å²) in [5, 5.41) is 4.73. The second-order valence-electron chi connectivity index (χ2n) is 5.07. The molecule has 1 aliphatic heterocycles. The highest BCUT2D eigenvalue weighted by molar-refractivity contribution is 8.13. The molecule has 1 saturated carbocycles. The maximum atomic E-state index is 4.59. The molecule has 0 saturated heterocycles. The molecule has 3 atom stereocenters. The maximum absolute atomic E-state index is 4.59. The van der Waals surface area contributed by atoms with Crippen molar-refractivity contribution in [3.05, 3.63) is 35.9 Å². The standard InChI is InChI=1S/C14H18N2S/c1-10-8-15-14(17-9-10)16-13-7-12(13)11-5-3-2-4-6-11/h2-6,10,12-13H,7-9H2,1H3,(H,15,16). The summed E-state index contributed by atoms with van der Waals surface area (Å²) in [7, 11) is 0. The first-order chi connectivity index (χ1) is 8.33. The van der Waals surface area contributed by atoms with Crippen molar-refractivity contribution < 1.29 is 0 Å². The number of amidine groups is 1. The van der Waals surface area contributed by atoms with Crippen LogP contribution in [0.5, 0.6) is 0 Å². The molecule has 0 bridgehead atoms. The van der Waals surface area contributed by atoms with Gasteiger partial charge in [-0.25, -0.2) is 0 Å². The molecular weight excluding hydrogens is 228 g/mol. The molecule has 17 heavy (non-hydrogen) atoms. The Balaban J connectivity index is 1.56. The predicted molar refractivity (Wildman–Crippen MR) is 74.6 cm³/mol. The van der Waals surface area contributed by atoms with Gasteiger partial charge in [0.15, 0.2) is 5.17 Å². The van der Waals surface area contributed by atoms with E-state index in [1.165, 1.54) is 17.7 Å². The highest BCUT2D eigenvalue weighted by Gasteiger charge is 2.39. The van der Waals surface area contributed by atoms with E-state index in [1.54, 1.807) is 0 Å². The van der Waals surface area contributed by atoms with E-state index in [1.807, 2.05) is 11.8 Å². The van der Waals surface area contributed by atoms with Gasteiger partial charge >= 0.3 is 0 Å². The highest BCUT2D eigenvalue weighted by Crippen LogP contribution is 2.41. The number of nitrogens with zero attached hydrogens (tertiary/aromatic N) is 1. The quantitative estimate of drug-likeness (QED) is 0.867. The van der Waals surface area contributed by atoms with Gasteiger partial charge in [-0.3, -0.25) is 4.99 Å². The lowest BCUT2D eigenvalue weighted by Gasteiger charge is -2.17. The molecule has 3 rings (SSSR count). The molecule has 2 nitrogen and oxygen atoms in total. The fourth-order valence-electron chi connectivity index (χ4n) is 2.23. The Kier molecular flexibility index (Phi) is 3.10. The van der Waals surface area contributed by atoms with Gasteiger partial charge in [-0.05, 0) is 17.9 Å². The third-order valence-electron chi connectivity index (χ3n) is 3.38. The largest absolute Gasteiger partial charge is 0.362 e. The third kappa shape index (κ3) is 2.65. The molecular formula is C14H18N2S. The van der Waals surface area contributed by atoms with E-state index in [9.17, 15) is 0 Å². The van der Waals surface area contributed by atoms with Crippen LogP contribution in [0.2, 0.25) is 0 Å². The fourth-order valence-corrected chi connectivity index (χ4v) is 3.18. The van der Waals surface area contributed by atoms with E-state index in [4.69, 9.17) is 0 Å². The van der Waals surface area contributed by atoms with Crippen molar-refractivity contribution in [1.29, 1.82) is 0 Å². The Bertz CT molecular complexity index is 415. The van der Waals surface area contributed by atoms with Crippen molar-refractivity contribution in [2.24, 2.45) is 10.9 Å². The van der Waals surface area contributed by atoms with Crippen LogP contribution in [0.15, 0.2) is 35.3 Å². The number of hydrogen-bond acceptors (Lipinski definition) is 3. The van der Waals surface area contributed by atoms with Crippen LogP contribution in [0.1, 0.15) is 24.8 Å². The van der Waals surface area contributed by atoms with Gasteiger partial charge in [0, 0.05) is 24.3 Å². The van der Waals surface area contributed by atoms with Gasteiger partial charge in [0.05, 0.1) is 0 Å². The maximum Gasteiger partial charge on any atom is 0.156 e. The van der Waals surface area contributed by atoms with E-state index >= 15 is 0 Å². The molecule has 3 heteroatoms. The first-order valence-corrected chi connectivity index (χ1v) is 7.30. The molecule has 90 valence electrons. The van der Waals surface area contributed by atoms with Crippen molar-refractivity contribution in [1.82, 2.24) is 5.32 Å². The zero-order valence-corrected chi connectivity index (χ0v) is 10.9. The molecule has 0 radical (unpaired) electrons. The third-order valence-corrected chi connectivity index (χ3v) is 4.63. The lowest BCUT2D eigenvalue weighted by molar-refractivity contribution is 0.668. The minimum Gasteiger partial charge on any atom is -0.362 e. The van der Waals surface area contributed by atoms with Crippen molar-refractivity contribution in [2.75, 3.05) is 12.3 Å². The summed E-state index contributed by atoms with van der Waals surface area (Å²) >= 11 is 1.88. The Labute approximate surface area is 107 Å². The monoisotopic (exact) mass is 246 g/mol. The summed E-state index contributed by atoms with van der Waals surface area (Å²) in [6, 6.07) is 11.4. The van der Waals surface area contributed by atoms with Crippen LogP contribution in [-0.4, -0.2) is 23.5 Å². The lowest BCUT2D eigenvalue weighted by Crippen LogP contribution is -2.28. The van der Waals surface area contributed by atoms with E-state index in [0.29, 0.717) is 12.0 Å². The van der Waals surface area contributed by atoms with Gasteiger partial charge < -0.3 is 5.32 Å². The first kappa shape index (κ1) is 11.1. The number of benzene rings is 1. The number of rotatable bonds is 2. The van der Waals surface area contributed by atoms with Crippen LogP contribution >= 0.6 is 11.8 Å². The second-order valence-corrected chi connectivity index (χ2v) is 6.07. The topological polar surface area (TPSA) is 24.4 Å². The SMILES string of the molecule is CC1CN=C(NC2CC2c2ccccc2)SC1. The summed E-state index contributed by atoms with van der Waals surface area (Å²) in [5.74, 6) is 2.63. The zero-order valence-electron chi connectivity index (χ0n) is 10.1. The van der Waals surface area contributed by atoms with Gasteiger partial charge in [0.25, 0.3) is 0 Å². The molecule has 1 N–H and O–H groups in total. The predicted octanol–water partition coefficient (Wildman–Crippen LogP) is 2.87. The number of aliphatic imine (C=N–C) groups is 1. The molecule has 0 amide bonds. The molecule has 1 aromatic carbocycles. The molecule has 1 aromatic rings. The molecule has 0 aromatic heterocycles. The molecule has 1 heterocycles. The average molecular weight is 246 g/mol. The molecule has 3 unspecified atom stereocenters. The van der Waals surface area contributed by atoms with Crippen LogP contribution in [0, 0.1) is 5.92 Å². The average Bonchev–Trinajstić information content (AvgIpc) is 3.13. The Hall–Kier alpha value is -0.960. The van der Waals surface area contributed by atoms with Crippen molar-refractivity contribution in [3.8, 4) is 0 Å². The normalized spacial score (nSPS) is 31.8. The first-order valence-electron chi connectivity index (χ1n) is 6.31. The summed E-state index contributed by atoms with van der Waals surface area (Å²) in [5.41, 5.74) is 1.46. The highest BCUT2D eigenvalue weighted by atomic mass is 32.2. The Morgan fingerprint density at radius 2 is 2.12 bits per heavy atom. The molecule has 1 fully saturated rings. The van der Waals surface area contributed by atoms with Crippen LogP contribution in [0.3, 0.4) is 0 Å². The van der Waals surface area contributed by atoms with Gasteiger partial charge in [-0.2, -0.15) is 0 Å². The lowest BCUT2D eigenvalue weighted by atomic mass is 10.1. The van der Waals surface area contributed by atoms with Crippen LogP contribution < -0.4 is 5.32 Å². The number of thioether (sulfide) groups is 1. The molecule has 2 aliphatic rings. The summed E-state index contributed by atoms with van der Waals surface area (Å²) in [4.78, 5) is 4.59. The Morgan fingerprint density at radius 1 is 1.29 bits per heavy atom. The van der Waals surface area contributed by atoms with Gasteiger partial charge in [-0.1, -0.05) is 49.0 Å². The minimum atomic E-state index is 0.608. The summed E-state index contributed by atoms with van der Waals surface area (Å²) in [6.45, 7) is 3.25. The number of hydrogen-bond donors (Lipinski definition) is 1. The summed E-state index contributed by atoms with van der Waals surface area (Å²) < 4.78 is 0.